The molecule has 0 aliphatic rings. The maximum Gasteiger partial charge on any atom is 0.355 e. The fourth-order valence-electron chi connectivity index (χ4n) is 2.69. The maximum absolute atomic E-state index is 10.2. The van der Waals surface area contributed by atoms with Gasteiger partial charge in [-0.2, -0.15) is 0 Å². The Hall–Kier alpha value is -0.790. The van der Waals surface area contributed by atoms with Gasteiger partial charge >= 0.3 is 5.97 Å². The fraction of sp³-hybridized carbons (Fsp3) is 0.850. The Kier molecular flexibility index (Phi) is 17.6. The van der Waals surface area contributed by atoms with E-state index >= 15 is 0 Å². The number of carbonyl (C=O) groups is 1. The molecule has 0 N–H and O–H groups in total. The number of hydrogen-bond acceptors (Lipinski definition) is 1. The molecule has 0 saturated carbocycles. The van der Waals surface area contributed by atoms with E-state index < -0.39 is 5.97 Å². The standard InChI is InChI=1S/C20H37O2/c1-2-3-4-5-6-7-8-9-10-11-12-13-14-15-16-17-18-19-20(21)22/h9-10H,2-8,11-19H2,1H3/b10-9+. The summed E-state index contributed by atoms with van der Waals surface area (Å²) in [7, 11) is 0. The highest BCUT2D eigenvalue weighted by Crippen LogP contribution is 2.11. The molecule has 0 aromatic heterocycles. The number of allylic oxidation sites excluding steroid dienone is 2. The molecule has 0 amide bonds. The Labute approximate surface area is 138 Å². The summed E-state index contributed by atoms with van der Waals surface area (Å²) in [6, 6.07) is 0. The molecule has 0 aliphatic heterocycles. The molecule has 1 radical (unpaired) electrons. The fourth-order valence-corrected chi connectivity index (χ4v) is 2.69. The van der Waals surface area contributed by atoms with Crippen LogP contribution in [0.2, 0.25) is 0 Å². The third kappa shape index (κ3) is 19.2. The molecule has 0 saturated heterocycles. The Morgan fingerprint density at radius 3 is 1.50 bits per heavy atom. The predicted octanol–water partition coefficient (Wildman–Crippen LogP) is 6.76. The number of rotatable bonds is 17. The molecule has 0 unspecified atom stereocenters. The van der Waals surface area contributed by atoms with Gasteiger partial charge < -0.3 is 0 Å². The van der Waals surface area contributed by atoms with Crippen molar-refractivity contribution in [2.45, 2.75) is 110 Å². The zero-order valence-electron chi connectivity index (χ0n) is 14.8. The predicted molar refractivity (Wildman–Crippen MR) is 94.4 cm³/mol. The molecule has 0 spiro atoms. The lowest BCUT2D eigenvalue weighted by molar-refractivity contribution is -0.143. The average Bonchev–Trinajstić information content (AvgIpc) is 2.50. The summed E-state index contributed by atoms with van der Waals surface area (Å²) in [6.45, 7) is 2.26. The van der Waals surface area contributed by atoms with Crippen LogP contribution >= 0.6 is 0 Å². The van der Waals surface area contributed by atoms with Crippen molar-refractivity contribution < 1.29 is 9.90 Å². The Bertz CT molecular complexity index is 258. The van der Waals surface area contributed by atoms with Crippen molar-refractivity contribution in [2.24, 2.45) is 0 Å². The summed E-state index contributed by atoms with van der Waals surface area (Å²) in [6.07, 6.45) is 23.8. The van der Waals surface area contributed by atoms with Crippen molar-refractivity contribution >= 4 is 5.97 Å². The summed E-state index contributed by atoms with van der Waals surface area (Å²) in [5.74, 6) is -0.909. The second kappa shape index (κ2) is 18.3. The lowest BCUT2D eigenvalue weighted by Crippen LogP contribution is -1.91. The van der Waals surface area contributed by atoms with E-state index in [1.165, 1.54) is 83.5 Å². The van der Waals surface area contributed by atoms with Crippen molar-refractivity contribution in [1.29, 1.82) is 0 Å². The van der Waals surface area contributed by atoms with Crippen LogP contribution in [0.4, 0.5) is 0 Å². The topological polar surface area (TPSA) is 37.0 Å². The van der Waals surface area contributed by atoms with Crippen molar-refractivity contribution in [1.82, 2.24) is 0 Å². The minimum Gasteiger partial charge on any atom is -0.247 e. The van der Waals surface area contributed by atoms with E-state index in [1.807, 2.05) is 0 Å². The molecule has 0 fully saturated rings. The molecule has 0 bridgehead atoms. The third-order valence-corrected chi connectivity index (χ3v) is 4.14. The summed E-state index contributed by atoms with van der Waals surface area (Å²) in [5.41, 5.74) is 0. The van der Waals surface area contributed by atoms with Crippen molar-refractivity contribution in [3.8, 4) is 0 Å². The summed E-state index contributed by atoms with van der Waals surface area (Å²) in [4.78, 5) is 10.2. The molecular formula is C20H37O2. The van der Waals surface area contributed by atoms with Gasteiger partial charge in [0.15, 0.2) is 0 Å². The zero-order chi connectivity index (χ0) is 16.3. The van der Waals surface area contributed by atoms with Crippen LogP contribution in [0.15, 0.2) is 12.2 Å². The van der Waals surface area contributed by atoms with E-state index in [4.69, 9.17) is 0 Å². The molecule has 2 nitrogen and oxygen atoms in total. The van der Waals surface area contributed by atoms with Crippen molar-refractivity contribution in [2.75, 3.05) is 0 Å². The molecule has 2 heteroatoms. The smallest absolute Gasteiger partial charge is 0.247 e. The largest absolute Gasteiger partial charge is 0.355 e. The van der Waals surface area contributed by atoms with Gasteiger partial charge in [0.25, 0.3) is 0 Å². The summed E-state index contributed by atoms with van der Waals surface area (Å²) < 4.78 is 0. The molecule has 0 atom stereocenters. The van der Waals surface area contributed by atoms with E-state index in [-0.39, 0.29) is 6.42 Å². The second-order valence-corrected chi connectivity index (χ2v) is 6.41. The van der Waals surface area contributed by atoms with Crippen LogP contribution in [0, 0.1) is 0 Å². The van der Waals surface area contributed by atoms with Gasteiger partial charge in [-0.05, 0) is 32.1 Å². The molecule has 22 heavy (non-hydrogen) atoms. The normalized spacial score (nSPS) is 11.3. The lowest BCUT2D eigenvalue weighted by Gasteiger charge is -2.00. The SMILES string of the molecule is CCCCCCCC/C=C/CCCCCCCCCC([O])=O. The monoisotopic (exact) mass is 309 g/mol. The molecule has 129 valence electrons. The molecule has 0 heterocycles. The average molecular weight is 310 g/mol. The van der Waals surface area contributed by atoms with Gasteiger partial charge in [0.05, 0.1) is 6.42 Å². The first-order chi connectivity index (χ1) is 10.8. The number of hydrogen-bond donors (Lipinski definition) is 0. The zero-order valence-corrected chi connectivity index (χ0v) is 14.8. The van der Waals surface area contributed by atoms with Crippen molar-refractivity contribution in [3.05, 3.63) is 12.2 Å². The first kappa shape index (κ1) is 21.2. The van der Waals surface area contributed by atoms with Crippen LogP contribution < -0.4 is 0 Å². The van der Waals surface area contributed by atoms with Crippen LogP contribution in [-0.4, -0.2) is 5.97 Å². The van der Waals surface area contributed by atoms with Crippen LogP contribution in [0.25, 0.3) is 0 Å². The van der Waals surface area contributed by atoms with Gasteiger partial charge in [-0.3, -0.25) is 0 Å². The quantitative estimate of drug-likeness (QED) is 0.216. The van der Waals surface area contributed by atoms with E-state index in [0.717, 1.165) is 12.8 Å². The van der Waals surface area contributed by atoms with Gasteiger partial charge in [0.2, 0.25) is 0 Å². The minimum atomic E-state index is -0.909. The maximum atomic E-state index is 10.2. The Morgan fingerprint density at radius 2 is 1.05 bits per heavy atom. The van der Waals surface area contributed by atoms with E-state index in [0.29, 0.717) is 0 Å². The first-order valence-electron chi connectivity index (χ1n) is 9.62. The molecule has 0 rings (SSSR count). The third-order valence-electron chi connectivity index (χ3n) is 4.14. The Balaban J connectivity index is 3.06. The number of carbonyl (C=O) groups excluding carboxylic acids is 1. The minimum absolute atomic E-state index is 0.226. The summed E-state index contributed by atoms with van der Waals surface area (Å²) >= 11 is 0. The van der Waals surface area contributed by atoms with Crippen LogP contribution in [0.3, 0.4) is 0 Å². The molecular weight excluding hydrogens is 272 g/mol. The van der Waals surface area contributed by atoms with Gasteiger partial charge in [0.1, 0.15) is 0 Å². The van der Waals surface area contributed by atoms with Gasteiger partial charge in [-0.15, -0.1) is 0 Å². The van der Waals surface area contributed by atoms with Crippen LogP contribution in [0.1, 0.15) is 110 Å². The Morgan fingerprint density at radius 1 is 0.636 bits per heavy atom. The van der Waals surface area contributed by atoms with E-state index in [1.54, 1.807) is 0 Å². The van der Waals surface area contributed by atoms with Crippen LogP contribution in [0.5, 0.6) is 0 Å². The highest BCUT2D eigenvalue weighted by Gasteiger charge is 1.98. The summed E-state index contributed by atoms with van der Waals surface area (Å²) in [5, 5.41) is 10.2. The van der Waals surface area contributed by atoms with Gasteiger partial charge in [-0.1, -0.05) is 83.3 Å². The highest BCUT2D eigenvalue weighted by atomic mass is 16.4. The van der Waals surface area contributed by atoms with Crippen LogP contribution in [-0.2, 0) is 9.90 Å². The first-order valence-corrected chi connectivity index (χ1v) is 9.62. The molecule has 0 aromatic rings. The number of unbranched alkanes of at least 4 members (excludes halogenated alkanes) is 13. The van der Waals surface area contributed by atoms with Gasteiger partial charge in [-0.25, -0.2) is 9.90 Å². The molecule has 0 aromatic carbocycles. The van der Waals surface area contributed by atoms with Crippen molar-refractivity contribution in [3.63, 3.8) is 0 Å². The molecule has 0 aliphatic carbocycles. The van der Waals surface area contributed by atoms with E-state index in [9.17, 15) is 9.90 Å². The lowest BCUT2D eigenvalue weighted by atomic mass is 10.1. The van der Waals surface area contributed by atoms with Gasteiger partial charge in [0, 0.05) is 0 Å². The van der Waals surface area contributed by atoms with E-state index in [2.05, 4.69) is 19.1 Å². The highest BCUT2D eigenvalue weighted by molar-refractivity contribution is 5.66. The second-order valence-electron chi connectivity index (χ2n) is 6.41.